The lowest BCUT2D eigenvalue weighted by Crippen LogP contribution is -2.42. The molecule has 1 aliphatic heterocycles. The number of nitro benzene ring substituents is 1. The van der Waals surface area contributed by atoms with Crippen LogP contribution in [0.15, 0.2) is 16.6 Å². The quantitative estimate of drug-likeness (QED) is 0.653. The lowest BCUT2D eigenvalue weighted by atomic mass is 10.1. The van der Waals surface area contributed by atoms with Crippen LogP contribution in [0.2, 0.25) is 0 Å². The lowest BCUT2D eigenvalue weighted by molar-refractivity contribution is -0.385. The van der Waals surface area contributed by atoms with E-state index >= 15 is 0 Å². The number of benzene rings is 1. The van der Waals surface area contributed by atoms with Crippen LogP contribution in [0.3, 0.4) is 0 Å². The molecule has 0 aromatic heterocycles. The summed E-state index contributed by atoms with van der Waals surface area (Å²) >= 11 is 3.35. The zero-order valence-corrected chi connectivity index (χ0v) is 12.2. The van der Waals surface area contributed by atoms with Gasteiger partial charge in [0.25, 0.3) is 5.69 Å². The van der Waals surface area contributed by atoms with Crippen molar-refractivity contribution in [1.29, 1.82) is 0 Å². The number of anilines is 1. The number of nitrogens with one attached hydrogen (secondary N) is 2. The molecule has 0 bridgehead atoms. The molecule has 2 rings (SSSR count). The predicted molar refractivity (Wildman–Crippen MR) is 76.6 cm³/mol. The Kier molecular flexibility index (Phi) is 4.73. The van der Waals surface area contributed by atoms with Crippen molar-refractivity contribution in [2.45, 2.75) is 13.0 Å². The van der Waals surface area contributed by atoms with Crippen molar-refractivity contribution >= 4 is 27.3 Å². The van der Waals surface area contributed by atoms with E-state index in [0.717, 1.165) is 18.8 Å². The molecule has 1 aliphatic rings. The number of ether oxygens (including phenoxy) is 1. The largest absolute Gasteiger partial charge is 0.381 e. The average molecular weight is 330 g/mol. The van der Waals surface area contributed by atoms with Crippen molar-refractivity contribution in [1.82, 2.24) is 5.32 Å². The van der Waals surface area contributed by atoms with E-state index in [1.54, 1.807) is 13.0 Å². The lowest BCUT2D eigenvalue weighted by Gasteiger charge is -2.24. The van der Waals surface area contributed by atoms with Gasteiger partial charge in [0.05, 0.1) is 17.6 Å². The standard InChI is InChI=1S/C12H16BrN3O3/c1-8-4-11(10(13)5-12(8)16(17)18)15-7-9-6-14-2-3-19-9/h4-5,9,14-15H,2-3,6-7H2,1H3. The highest BCUT2D eigenvalue weighted by molar-refractivity contribution is 9.10. The van der Waals surface area contributed by atoms with E-state index in [9.17, 15) is 10.1 Å². The molecule has 1 saturated heterocycles. The molecule has 1 atom stereocenters. The fourth-order valence-corrected chi connectivity index (χ4v) is 2.45. The molecule has 1 fully saturated rings. The molecule has 2 N–H and O–H groups in total. The topological polar surface area (TPSA) is 76.4 Å². The van der Waals surface area contributed by atoms with Gasteiger partial charge in [-0.3, -0.25) is 10.1 Å². The maximum Gasteiger partial charge on any atom is 0.273 e. The summed E-state index contributed by atoms with van der Waals surface area (Å²) in [5.41, 5.74) is 1.60. The zero-order chi connectivity index (χ0) is 13.8. The van der Waals surface area contributed by atoms with Crippen LogP contribution in [0.5, 0.6) is 0 Å². The van der Waals surface area contributed by atoms with E-state index in [-0.39, 0.29) is 16.7 Å². The fraction of sp³-hybridized carbons (Fsp3) is 0.500. The summed E-state index contributed by atoms with van der Waals surface area (Å²) in [4.78, 5) is 10.4. The molecule has 0 aliphatic carbocycles. The third kappa shape index (κ3) is 3.65. The SMILES string of the molecule is Cc1cc(NCC2CNCCO2)c(Br)cc1[N+](=O)[O-]. The van der Waals surface area contributed by atoms with Crippen molar-refractivity contribution < 1.29 is 9.66 Å². The molecule has 19 heavy (non-hydrogen) atoms. The Balaban J connectivity index is 2.04. The van der Waals surface area contributed by atoms with Gasteiger partial charge in [-0.2, -0.15) is 0 Å². The van der Waals surface area contributed by atoms with Crippen LogP contribution in [0.4, 0.5) is 11.4 Å². The maximum atomic E-state index is 10.8. The summed E-state index contributed by atoms with van der Waals surface area (Å²) in [5, 5.41) is 17.3. The Hall–Kier alpha value is -1.18. The van der Waals surface area contributed by atoms with Gasteiger partial charge in [-0.1, -0.05) is 0 Å². The van der Waals surface area contributed by atoms with Gasteiger partial charge in [-0.25, -0.2) is 0 Å². The van der Waals surface area contributed by atoms with Gasteiger partial charge in [0, 0.05) is 41.4 Å². The number of hydrogen-bond acceptors (Lipinski definition) is 5. The molecule has 0 saturated carbocycles. The Morgan fingerprint density at radius 3 is 3.05 bits per heavy atom. The minimum atomic E-state index is -0.377. The van der Waals surface area contributed by atoms with Gasteiger partial charge in [0.15, 0.2) is 0 Å². The highest BCUT2D eigenvalue weighted by Crippen LogP contribution is 2.30. The van der Waals surface area contributed by atoms with Crippen LogP contribution >= 0.6 is 15.9 Å². The van der Waals surface area contributed by atoms with Crippen LogP contribution in [0.1, 0.15) is 5.56 Å². The Labute approximate surface area is 119 Å². The number of hydrogen-bond donors (Lipinski definition) is 2. The molecule has 104 valence electrons. The highest BCUT2D eigenvalue weighted by Gasteiger charge is 2.16. The van der Waals surface area contributed by atoms with Crippen molar-refractivity contribution in [3.8, 4) is 0 Å². The van der Waals surface area contributed by atoms with Gasteiger partial charge < -0.3 is 15.4 Å². The van der Waals surface area contributed by atoms with E-state index in [0.29, 0.717) is 23.2 Å². The Morgan fingerprint density at radius 2 is 2.42 bits per heavy atom. The minimum Gasteiger partial charge on any atom is -0.381 e. The number of halogens is 1. The highest BCUT2D eigenvalue weighted by atomic mass is 79.9. The first-order chi connectivity index (χ1) is 9.08. The molecular formula is C12H16BrN3O3. The third-order valence-electron chi connectivity index (χ3n) is 3.01. The Morgan fingerprint density at radius 1 is 1.63 bits per heavy atom. The number of aryl methyl sites for hydroxylation is 1. The zero-order valence-electron chi connectivity index (χ0n) is 10.6. The summed E-state index contributed by atoms with van der Waals surface area (Å²) in [5.74, 6) is 0. The van der Waals surface area contributed by atoms with E-state index < -0.39 is 0 Å². The fourth-order valence-electron chi connectivity index (χ4n) is 1.98. The van der Waals surface area contributed by atoms with Gasteiger partial charge in [0.1, 0.15) is 0 Å². The van der Waals surface area contributed by atoms with Crippen molar-refractivity contribution in [3.05, 3.63) is 32.3 Å². The average Bonchev–Trinajstić information content (AvgIpc) is 2.40. The normalized spacial score (nSPS) is 19.2. The number of nitro groups is 1. The van der Waals surface area contributed by atoms with Crippen LogP contribution in [0.25, 0.3) is 0 Å². The number of morpholine rings is 1. The van der Waals surface area contributed by atoms with Crippen LogP contribution in [-0.4, -0.2) is 37.3 Å². The molecule has 7 heteroatoms. The van der Waals surface area contributed by atoms with Crippen LogP contribution in [-0.2, 0) is 4.74 Å². The Bertz CT molecular complexity index is 476. The maximum absolute atomic E-state index is 10.8. The first-order valence-corrected chi connectivity index (χ1v) is 6.88. The molecular weight excluding hydrogens is 314 g/mol. The van der Waals surface area contributed by atoms with Crippen molar-refractivity contribution in [3.63, 3.8) is 0 Å². The molecule has 1 aromatic rings. The number of rotatable bonds is 4. The van der Waals surface area contributed by atoms with Gasteiger partial charge in [-0.15, -0.1) is 0 Å². The molecule has 6 nitrogen and oxygen atoms in total. The monoisotopic (exact) mass is 329 g/mol. The second-order valence-electron chi connectivity index (χ2n) is 4.45. The third-order valence-corrected chi connectivity index (χ3v) is 3.66. The molecule has 0 amide bonds. The molecule has 1 unspecified atom stereocenters. The van der Waals surface area contributed by atoms with E-state index in [1.807, 2.05) is 0 Å². The first-order valence-electron chi connectivity index (χ1n) is 6.08. The van der Waals surface area contributed by atoms with Gasteiger partial charge >= 0.3 is 0 Å². The molecule has 1 heterocycles. The van der Waals surface area contributed by atoms with Crippen molar-refractivity contribution in [2.24, 2.45) is 0 Å². The van der Waals surface area contributed by atoms with Crippen LogP contribution in [0, 0.1) is 17.0 Å². The van der Waals surface area contributed by atoms with E-state index in [4.69, 9.17) is 4.74 Å². The molecule has 0 spiro atoms. The van der Waals surface area contributed by atoms with Crippen molar-refractivity contribution in [2.75, 3.05) is 31.6 Å². The van der Waals surface area contributed by atoms with E-state index in [2.05, 4.69) is 26.6 Å². The second kappa shape index (κ2) is 6.31. The second-order valence-corrected chi connectivity index (χ2v) is 5.31. The first kappa shape index (κ1) is 14.2. The summed E-state index contributed by atoms with van der Waals surface area (Å²) in [7, 11) is 0. The smallest absolute Gasteiger partial charge is 0.273 e. The molecule has 1 aromatic carbocycles. The van der Waals surface area contributed by atoms with Gasteiger partial charge in [-0.05, 0) is 28.9 Å². The number of nitrogens with zero attached hydrogens (tertiary/aromatic N) is 1. The summed E-state index contributed by atoms with van der Waals surface area (Å²) in [6.07, 6.45) is 0.121. The van der Waals surface area contributed by atoms with E-state index in [1.165, 1.54) is 6.07 Å². The van der Waals surface area contributed by atoms with Gasteiger partial charge in [0.2, 0.25) is 0 Å². The van der Waals surface area contributed by atoms with Crippen LogP contribution < -0.4 is 10.6 Å². The summed E-state index contributed by atoms with van der Waals surface area (Å²) in [6, 6.07) is 3.30. The predicted octanol–water partition coefficient (Wildman–Crippen LogP) is 2.07. The summed E-state index contributed by atoms with van der Waals surface area (Å²) < 4.78 is 6.27. The molecule has 0 radical (unpaired) electrons. The summed E-state index contributed by atoms with van der Waals surface area (Å²) in [6.45, 7) is 4.82. The minimum absolute atomic E-state index is 0.119.